The molecule has 4 nitrogen and oxygen atoms in total. The number of aromatic carboxylic acids is 1. The molecule has 0 unspecified atom stereocenters. The zero-order chi connectivity index (χ0) is 9.84. The first kappa shape index (κ1) is 9.60. The van der Waals surface area contributed by atoms with Crippen LogP contribution in [0.1, 0.15) is 20.7 Å². The third-order valence-electron chi connectivity index (χ3n) is 1.45. The number of hydrogen-bond acceptors (Lipinski definition) is 4. The maximum atomic E-state index is 10.8. The number of thiol groups is 1. The molecule has 0 fully saturated rings. The average molecular weight is 198 g/mol. The lowest BCUT2D eigenvalue weighted by molar-refractivity contribution is 0.0694. The van der Waals surface area contributed by atoms with Gasteiger partial charge < -0.3 is 9.29 Å². The first-order valence-corrected chi connectivity index (χ1v) is 3.71. The molecule has 0 atom stereocenters. The molecule has 0 aliphatic carbocycles. The van der Waals surface area contributed by atoms with Gasteiger partial charge >= 0.3 is 11.9 Å². The Kier molecular flexibility index (Phi) is 2.92. The zero-order valence-electron chi connectivity index (χ0n) is 6.43. The lowest BCUT2D eigenvalue weighted by atomic mass is 10.1. The van der Waals surface area contributed by atoms with E-state index in [2.05, 4.69) is 17.1 Å². The molecule has 1 aromatic rings. The zero-order valence-corrected chi connectivity index (χ0v) is 7.32. The van der Waals surface area contributed by atoms with Crippen LogP contribution in [0, 0.1) is 0 Å². The monoisotopic (exact) mass is 198 g/mol. The molecule has 0 amide bonds. The number of carboxylic acid groups (broad SMARTS) is 1. The van der Waals surface area contributed by atoms with Gasteiger partial charge in [-0.3, -0.25) is 0 Å². The molecule has 0 aliphatic rings. The Hall–Kier alpha value is -1.49. The summed E-state index contributed by atoms with van der Waals surface area (Å²) < 4.78 is 4.14. The number of carboxylic acids is 1. The van der Waals surface area contributed by atoms with Gasteiger partial charge in [-0.15, -0.1) is 0 Å². The van der Waals surface area contributed by atoms with Gasteiger partial charge in [0.15, 0.2) is 0 Å². The fourth-order valence-electron chi connectivity index (χ4n) is 0.802. The highest BCUT2D eigenvalue weighted by molar-refractivity contribution is 7.75. The largest absolute Gasteiger partial charge is 0.478 e. The van der Waals surface area contributed by atoms with Crippen molar-refractivity contribution >= 4 is 24.8 Å². The topological polar surface area (TPSA) is 63.6 Å². The summed E-state index contributed by atoms with van der Waals surface area (Å²) in [6.45, 7) is 0. The van der Waals surface area contributed by atoms with Crippen LogP contribution in [-0.4, -0.2) is 17.0 Å². The molecule has 1 rings (SSSR count). The van der Waals surface area contributed by atoms with Gasteiger partial charge in [0.2, 0.25) is 0 Å². The third kappa shape index (κ3) is 2.22. The normalized spacial score (nSPS) is 9.31. The second-order valence-electron chi connectivity index (χ2n) is 2.26. The van der Waals surface area contributed by atoms with E-state index in [1.54, 1.807) is 0 Å². The highest BCUT2D eigenvalue weighted by Gasteiger charge is 2.07. The van der Waals surface area contributed by atoms with Crippen LogP contribution in [0.2, 0.25) is 0 Å². The summed E-state index contributed by atoms with van der Waals surface area (Å²) in [5, 5.41) is 8.54. The van der Waals surface area contributed by atoms with Crippen LogP contribution < -0.4 is 0 Å². The van der Waals surface area contributed by atoms with Crippen molar-refractivity contribution in [2.24, 2.45) is 0 Å². The number of carbonyl (C=O) groups is 2. The predicted molar refractivity (Wildman–Crippen MR) is 47.8 cm³/mol. The summed E-state index contributed by atoms with van der Waals surface area (Å²) in [6, 6.07) is 5.37. The Bertz CT molecular complexity index is 331. The Morgan fingerprint density at radius 1 is 1.15 bits per heavy atom. The van der Waals surface area contributed by atoms with Crippen LogP contribution >= 0.6 is 12.9 Å². The lowest BCUT2D eigenvalue weighted by Crippen LogP contribution is -2.00. The van der Waals surface area contributed by atoms with Crippen molar-refractivity contribution in [1.29, 1.82) is 0 Å². The van der Waals surface area contributed by atoms with Crippen LogP contribution in [-0.2, 0) is 4.18 Å². The van der Waals surface area contributed by atoms with E-state index in [0.717, 1.165) is 0 Å². The summed E-state index contributed by atoms with van der Waals surface area (Å²) in [4.78, 5) is 21.3. The molecule has 0 spiro atoms. The second kappa shape index (κ2) is 3.95. The van der Waals surface area contributed by atoms with Gasteiger partial charge in [-0.2, -0.15) is 0 Å². The molecule has 0 heterocycles. The van der Waals surface area contributed by atoms with Crippen molar-refractivity contribution in [3.63, 3.8) is 0 Å². The van der Waals surface area contributed by atoms with Crippen molar-refractivity contribution in [3.05, 3.63) is 35.4 Å². The predicted octanol–water partition coefficient (Wildman–Crippen LogP) is 1.39. The van der Waals surface area contributed by atoms with Crippen molar-refractivity contribution in [1.82, 2.24) is 0 Å². The average Bonchev–Trinajstić information content (AvgIpc) is 2.17. The second-order valence-corrected chi connectivity index (χ2v) is 2.44. The van der Waals surface area contributed by atoms with Gasteiger partial charge in [-0.05, 0) is 24.3 Å². The van der Waals surface area contributed by atoms with Gasteiger partial charge in [-0.25, -0.2) is 9.59 Å². The van der Waals surface area contributed by atoms with Gasteiger partial charge in [-0.1, -0.05) is 0 Å². The van der Waals surface area contributed by atoms with Crippen molar-refractivity contribution in [2.45, 2.75) is 0 Å². The quantitative estimate of drug-likeness (QED) is 0.556. The number of benzene rings is 1. The minimum atomic E-state index is -1.04. The van der Waals surface area contributed by atoms with Crippen LogP contribution in [0.25, 0.3) is 0 Å². The molecule has 0 saturated carbocycles. The highest BCUT2D eigenvalue weighted by atomic mass is 32.1. The maximum absolute atomic E-state index is 10.8. The van der Waals surface area contributed by atoms with Crippen LogP contribution in [0.3, 0.4) is 0 Å². The smallest absolute Gasteiger partial charge is 0.349 e. The molecular formula is C8H6O4S. The first-order chi connectivity index (χ1) is 6.15. The highest BCUT2D eigenvalue weighted by Crippen LogP contribution is 2.06. The molecular weight excluding hydrogens is 192 g/mol. The number of carbonyl (C=O) groups excluding carboxylic acids is 1. The van der Waals surface area contributed by atoms with Gasteiger partial charge in [0.05, 0.1) is 11.1 Å². The fourth-order valence-corrected chi connectivity index (χ4v) is 0.907. The lowest BCUT2D eigenvalue weighted by Gasteiger charge is -1.97. The van der Waals surface area contributed by atoms with Crippen molar-refractivity contribution < 1.29 is 18.9 Å². The summed E-state index contributed by atoms with van der Waals surface area (Å²) in [7, 11) is 0. The van der Waals surface area contributed by atoms with E-state index in [1.165, 1.54) is 24.3 Å². The number of hydrogen-bond donors (Lipinski definition) is 2. The molecule has 0 radical (unpaired) electrons. The summed E-state index contributed by atoms with van der Waals surface area (Å²) in [5.74, 6) is -1.65. The molecule has 1 N–H and O–H groups in total. The van der Waals surface area contributed by atoms with Crippen LogP contribution in [0.4, 0.5) is 0 Å². The minimum Gasteiger partial charge on any atom is -0.478 e. The Morgan fingerprint density at radius 3 is 2.00 bits per heavy atom. The standard InChI is InChI=1S/C8H6O4S/c9-7(10)5-1-3-6(4-2-5)8(11)12-13/h1-4,13H,(H,9,10). The van der Waals surface area contributed by atoms with Crippen molar-refractivity contribution in [3.8, 4) is 0 Å². The molecule has 13 heavy (non-hydrogen) atoms. The Morgan fingerprint density at radius 2 is 1.62 bits per heavy atom. The van der Waals surface area contributed by atoms with Gasteiger partial charge in [0.1, 0.15) is 0 Å². The molecule has 68 valence electrons. The van der Waals surface area contributed by atoms with E-state index in [-0.39, 0.29) is 11.1 Å². The SMILES string of the molecule is O=C(O)c1ccc(C(=O)OS)cc1. The molecule has 0 aromatic heterocycles. The van der Waals surface area contributed by atoms with E-state index < -0.39 is 11.9 Å². The summed E-state index contributed by atoms with van der Waals surface area (Å²) >= 11 is 3.33. The Labute approximate surface area is 79.8 Å². The maximum Gasteiger partial charge on any atom is 0.349 e. The third-order valence-corrected chi connectivity index (χ3v) is 1.62. The molecule has 0 saturated heterocycles. The minimum absolute atomic E-state index is 0.121. The van der Waals surface area contributed by atoms with Crippen molar-refractivity contribution in [2.75, 3.05) is 0 Å². The first-order valence-electron chi connectivity index (χ1n) is 3.34. The van der Waals surface area contributed by atoms with Crippen LogP contribution in [0.15, 0.2) is 24.3 Å². The molecule has 5 heteroatoms. The van der Waals surface area contributed by atoms with Crippen LogP contribution in [0.5, 0.6) is 0 Å². The number of rotatable bonds is 2. The van der Waals surface area contributed by atoms with Gasteiger partial charge in [0, 0.05) is 12.9 Å². The molecule has 1 aromatic carbocycles. The summed E-state index contributed by atoms with van der Waals surface area (Å²) in [5.41, 5.74) is 0.385. The van der Waals surface area contributed by atoms with E-state index >= 15 is 0 Å². The molecule has 0 bridgehead atoms. The summed E-state index contributed by atoms with van der Waals surface area (Å²) in [6.07, 6.45) is 0. The van der Waals surface area contributed by atoms with E-state index in [0.29, 0.717) is 0 Å². The fraction of sp³-hybridized carbons (Fsp3) is 0. The van der Waals surface area contributed by atoms with Gasteiger partial charge in [0.25, 0.3) is 0 Å². The van der Waals surface area contributed by atoms with E-state index in [4.69, 9.17) is 5.11 Å². The Balaban J connectivity index is 2.93. The van der Waals surface area contributed by atoms with E-state index in [9.17, 15) is 9.59 Å². The molecule has 0 aliphatic heterocycles. The van der Waals surface area contributed by atoms with E-state index in [1.807, 2.05) is 0 Å².